The van der Waals surface area contributed by atoms with Crippen LogP contribution in [0.3, 0.4) is 0 Å². The van der Waals surface area contributed by atoms with E-state index in [1.807, 2.05) is 12.1 Å². The van der Waals surface area contributed by atoms with E-state index in [-0.39, 0.29) is 5.91 Å². The molecular formula is C10H9ClN2OS. The van der Waals surface area contributed by atoms with Crippen molar-refractivity contribution in [1.82, 2.24) is 4.37 Å². The van der Waals surface area contributed by atoms with Crippen molar-refractivity contribution in [3.8, 4) is 0 Å². The molecule has 3 nitrogen and oxygen atoms in total. The van der Waals surface area contributed by atoms with Gasteiger partial charge in [-0.25, -0.2) is 0 Å². The van der Waals surface area contributed by atoms with Crippen molar-refractivity contribution >= 4 is 44.9 Å². The molecule has 0 spiro atoms. The summed E-state index contributed by atoms with van der Waals surface area (Å²) in [5, 5.41) is 4.37. The lowest BCUT2D eigenvalue weighted by Gasteiger charge is -1.99. The van der Waals surface area contributed by atoms with E-state index in [9.17, 15) is 4.79 Å². The zero-order valence-electron chi connectivity index (χ0n) is 8.08. The van der Waals surface area contributed by atoms with Gasteiger partial charge in [-0.1, -0.05) is 18.5 Å². The highest BCUT2D eigenvalue weighted by Crippen LogP contribution is 2.29. The summed E-state index contributed by atoms with van der Waals surface area (Å²) in [4.78, 5) is 11.2. The molecule has 1 heterocycles. The first-order valence-corrected chi connectivity index (χ1v) is 5.70. The first-order chi connectivity index (χ1) is 7.20. The molecule has 1 aromatic carbocycles. The molecule has 0 bridgehead atoms. The van der Waals surface area contributed by atoms with Crippen LogP contribution in [0.15, 0.2) is 18.2 Å². The van der Waals surface area contributed by atoms with E-state index >= 15 is 0 Å². The number of hydrogen-bond acceptors (Lipinski definition) is 3. The third-order valence-electron chi connectivity index (χ3n) is 2.01. The number of amides is 1. The minimum Gasteiger partial charge on any atom is -0.309 e. The zero-order chi connectivity index (χ0) is 10.8. The number of rotatable bonds is 2. The largest absolute Gasteiger partial charge is 0.309 e. The third-order valence-corrected chi connectivity index (χ3v) is 3.06. The normalized spacial score (nSPS) is 10.5. The fourth-order valence-electron chi connectivity index (χ4n) is 1.22. The predicted molar refractivity (Wildman–Crippen MR) is 63.6 cm³/mol. The minimum absolute atomic E-state index is 0.0304. The zero-order valence-corrected chi connectivity index (χ0v) is 9.65. The van der Waals surface area contributed by atoms with Crippen LogP contribution >= 0.6 is 23.1 Å². The molecule has 0 atom stereocenters. The van der Waals surface area contributed by atoms with Gasteiger partial charge in [-0.3, -0.25) is 4.79 Å². The van der Waals surface area contributed by atoms with Crippen molar-refractivity contribution in [3.63, 3.8) is 0 Å². The standard InChI is InChI=1S/C10H9ClN2OS/c1-2-9(14)12-10-7-4-3-6(11)5-8(7)15-13-10/h3-5H,2H2,1H3,(H,12,13,14). The van der Waals surface area contributed by atoms with Gasteiger partial charge in [-0.15, -0.1) is 0 Å². The fraction of sp³-hybridized carbons (Fsp3) is 0.200. The van der Waals surface area contributed by atoms with Gasteiger partial charge in [0.05, 0.1) is 4.70 Å². The maximum absolute atomic E-state index is 11.2. The SMILES string of the molecule is CCC(=O)Nc1nsc2cc(Cl)ccc12. The van der Waals surface area contributed by atoms with Crippen LogP contribution in [0.4, 0.5) is 5.82 Å². The van der Waals surface area contributed by atoms with Crippen LogP contribution in [0, 0.1) is 0 Å². The molecule has 0 radical (unpaired) electrons. The van der Waals surface area contributed by atoms with E-state index < -0.39 is 0 Å². The first-order valence-electron chi connectivity index (χ1n) is 4.55. The fourth-order valence-corrected chi connectivity index (χ4v) is 2.24. The van der Waals surface area contributed by atoms with E-state index in [1.54, 1.807) is 13.0 Å². The number of halogens is 1. The van der Waals surface area contributed by atoms with Gasteiger partial charge >= 0.3 is 0 Å². The summed E-state index contributed by atoms with van der Waals surface area (Å²) in [5.41, 5.74) is 0. The Kier molecular flexibility index (Phi) is 2.88. The Morgan fingerprint density at radius 1 is 1.60 bits per heavy atom. The molecule has 0 fully saturated rings. The van der Waals surface area contributed by atoms with E-state index in [1.165, 1.54) is 11.5 Å². The summed E-state index contributed by atoms with van der Waals surface area (Å²) in [6.45, 7) is 1.81. The maximum atomic E-state index is 11.2. The number of carbonyl (C=O) groups is 1. The molecule has 0 saturated heterocycles. The summed E-state index contributed by atoms with van der Waals surface area (Å²) in [5.74, 6) is 0.593. The Hall–Kier alpha value is -1.13. The monoisotopic (exact) mass is 240 g/mol. The number of hydrogen-bond donors (Lipinski definition) is 1. The van der Waals surface area contributed by atoms with Crippen molar-refractivity contribution in [1.29, 1.82) is 0 Å². The van der Waals surface area contributed by atoms with E-state index in [0.717, 1.165) is 10.1 Å². The highest BCUT2D eigenvalue weighted by Gasteiger charge is 2.08. The second kappa shape index (κ2) is 4.16. The number of benzene rings is 1. The smallest absolute Gasteiger partial charge is 0.225 e. The minimum atomic E-state index is -0.0304. The molecule has 0 aliphatic heterocycles. The lowest BCUT2D eigenvalue weighted by molar-refractivity contribution is -0.115. The number of fused-ring (bicyclic) bond motifs is 1. The van der Waals surface area contributed by atoms with Crippen LogP contribution in [-0.4, -0.2) is 10.3 Å². The molecule has 78 valence electrons. The summed E-state index contributed by atoms with van der Waals surface area (Å²) in [6.07, 6.45) is 0.451. The summed E-state index contributed by atoms with van der Waals surface area (Å²) >= 11 is 7.18. The van der Waals surface area contributed by atoms with Crippen LogP contribution in [-0.2, 0) is 4.79 Å². The average Bonchev–Trinajstić information content (AvgIpc) is 2.60. The lowest BCUT2D eigenvalue weighted by atomic mass is 10.2. The van der Waals surface area contributed by atoms with Gasteiger partial charge in [0.1, 0.15) is 0 Å². The number of aromatic nitrogens is 1. The Bertz CT molecular complexity index is 509. The number of anilines is 1. The van der Waals surface area contributed by atoms with Gasteiger partial charge in [0.15, 0.2) is 5.82 Å². The van der Waals surface area contributed by atoms with Gasteiger partial charge in [0, 0.05) is 16.8 Å². The molecule has 0 unspecified atom stereocenters. The van der Waals surface area contributed by atoms with E-state index in [4.69, 9.17) is 11.6 Å². The predicted octanol–water partition coefficient (Wildman–Crippen LogP) is 3.30. The maximum Gasteiger partial charge on any atom is 0.225 e. The average molecular weight is 241 g/mol. The van der Waals surface area contributed by atoms with Crippen molar-refractivity contribution in [2.75, 3.05) is 5.32 Å². The Balaban J connectivity index is 2.41. The number of nitrogens with zero attached hydrogens (tertiary/aromatic N) is 1. The Morgan fingerprint density at radius 2 is 2.40 bits per heavy atom. The molecule has 2 aromatic rings. The second-order valence-electron chi connectivity index (χ2n) is 3.07. The topological polar surface area (TPSA) is 42.0 Å². The van der Waals surface area contributed by atoms with Crippen LogP contribution in [0.1, 0.15) is 13.3 Å². The van der Waals surface area contributed by atoms with Crippen LogP contribution in [0.2, 0.25) is 5.02 Å². The Morgan fingerprint density at radius 3 is 3.13 bits per heavy atom. The molecular weight excluding hydrogens is 232 g/mol. The Labute approximate surface area is 96.2 Å². The molecule has 0 saturated carbocycles. The van der Waals surface area contributed by atoms with Crippen LogP contribution in [0.5, 0.6) is 0 Å². The molecule has 0 aliphatic rings. The lowest BCUT2D eigenvalue weighted by Crippen LogP contribution is -2.09. The molecule has 15 heavy (non-hydrogen) atoms. The van der Waals surface area contributed by atoms with Crippen molar-refractivity contribution in [2.45, 2.75) is 13.3 Å². The first kappa shape index (κ1) is 10.4. The molecule has 1 aromatic heterocycles. The second-order valence-corrected chi connectivity index (χ2v) is 4.31. The summed E-state index contributed by atoms with van der Waals surface area (Å²) in [7, 11) is 0. The third kappa shape index (κ3) is 2.11. The van der Waals surface area contributed by atoms with E-state index in [0.29, 0.717) is 17.3 Å². The molecule has 0 aliphatic carbocycles. The van der Waals surface area contributed by atoms with Crippen molar-refractivity contribution < 1.29 is 4.79 Å². The highest BCUT2D eigenvalue weighted by molar-refractivity contribution is 7.13. The van der Waals surface area contributed by atoms with Gasteiger partial charge in [0.25, 0.3) is 0 Å². The van der Waals surface area contributed by atoms with Gasteiger partial charge < -0.3 is 5.32 Å². The number of carbonyl (C=O) groups excluding carboxylic acids is 1. The molecule has 2 rings (SSSR count). The van der Waals surface area contributed by atoms with Gasteiger partial charge in [-0.05, 0) is 29.7 Å². The van der Waals surface area contributed by atoms with Crippen molar-refractivity contribution in [3.05, 3.63) is 23.2 Å². The molecule has 1 amide bonds. The van der Waals surface area contributed by atoms with Gasteiger partial charge in [-0.2, -0.15) is 4.37 Å². The number of nitrogens with one attached hydrogen (secondary N) is 1. The molecule has 5 heteroatoms. The summed E-state index contributed by atoms with van der Waals surface area (Å²) < 4.78 is 5.16. The van der Waals surface area contributed by atoms with Crippen molar-refractivity contribution in [2.24, 2.45) is 0 Å². The van der Waals surface area contributed by atoms with Gasteiger partial charge in [0.2, 0.25) is 5.91 Å². The van der Waals surface area contributed by atoms with E-state index in [2.05, 4.69) is 9.69 Å². The highest BCUT2D eigenvalue weighted by atomic mass is 35.5. The van der Waals surface area contributed by atoms with Crippen LogP contribution < -0.4 is 5.32 Å². The summed E-state index contributed by atoms with van der Waals surface area (Å²) in [6, 6.07) is 5.50. The molecule has 1 N–H and O–H groups in total. The van der Waals surface area contributed by atoms with Crippen LogP contribution in [0.25, 0.3) is 10.1 Å². The quantitative estimate of drug-likeness (QED) is 0.875.